The molecule has 1 atom stereocenters. The molecule has 0 N–H and O–H groups in total. The van der Waals surface area contributed by atoms with Gasteiger partial charge in [0.25, 0.3) is 5.91 Å². The second-order valence-corrected chi connectivity index (χ2v) is 5.69. The highest BCUT2D eigenvalue weighted by Crippen LogP contribution is 2.27. The van der Waals surface area contributed by atoms with Crippen LogP contribution < -0.4 is 0 Å². The number of benzene rings is 1. The van der Waals surface area contributed by atoms with Crippen molar-refractivity contribution in [2.45, 2.75) is 19.5 Å². The van der Waals surface area contributed by atoms with Gasteiger partial charge in [0.05, 0.1) is 11.7 Å². The van der Waals surface area contributed by atoms with Gasteiger partial charge in [0.15, 0.2) is 0 Å². The lowest BCUT2D eigenvalue weighted by atomic mass is 10.1. The molecule has 1 aromatic carbocycles. The average molecular weight is 307 g/mol. The van der Waals surface area contributed by atoms with Gasteiger partial charge in [-0.15, -0.1) is 0 Å². The molecule has 1 amide bonds. The van der Waals surface area contributed by atoms with E-state index in [1.165, 1.54) is 12.0 Å². The topological polar surface area (TPSA) is 56.0 Å². The lowest BCUT2D eigenvalue weighted by molar-refractivity contribution is 0.0644. The van der Waals surface area contributed by atoms with Crippen LogP contribution in [0.2, 0.25) is 0 Å². The van der Waals surface area contributed by atoms with Crippen molar-refractivity contribution in [3.63, 3.8) is 0 Å². The number of hydrogen-bond acceptors (Lipinski definition) is 3. The van der Waals surface area contributed by atoms with Crippen molar-refractivity contribution in [1.82, 2.24) is 24.2 Å². The summed E-state index contributed by atoms with van der Waals surface area (Å²) in [5.74, 6) is 0.0481. The maximum absolute atomic E-state index is 12.9. The second-order valence-electron chi connectivity index (χ2n) is 5.69. The minimum Gasteiger partial charge on any atom is -0.348 e. The molecule has 0 spiro atoms. The molecule has 0 aliphatic carbocycles. The molecular formula is C17H17N5O. The first-order valence-electron chi connectivity index (χ1n) is 7.65. The maximum Gasteiger partial charge on any atom is 0.254 e. The Hall–Kier alpha value is -2.89. The normalized spacial score (nSPS) is 17.1. The number of fused-ring (bicyclic) bond motifs is 1. The summed E-state index contributed by atoms with van der Waals surface area (Å²) >= 11 is 0. The Morgan fingerprint density at radius 2 is 2.13 bits per heavy atom. The number of rotatable bonds is 2. The predicted molar refractivity (Wildman–Crippen MR) is 85.2 cm³/mol. The Morgan fingerprint density at radius 3 is 2.96 bits per heavy atom. The summed E-state index contributed by atoms with van der Waals surface area (Å²) in [6.07, 6.45) is 5.17. The van der Waals surface area contributed by atoms with Crippen LogP contribution in [0.1, 0.15) is 29.0 Å². The molecule has 6 heteroatoms. The molecule has 0 saturated heterocycles. The monoisotopic (exact) mass is 307 g/mol. The summed E-state index contributed by atoms with van der Waals surface area (Å²) < 4.78 is 3.86. The second kappa shape index (κ2) is 5.39. The highest BCUT2D eigenvalue weighted by molar-refractivity contribution is 5.95. The molecule has 2 aromatic heterocycles. The van der Waals surface area contributed by atoms with E-state index in [0.29, 0.717) is 5.56 Å². The van der Waals surface area contributed by atoms with Crippen molar-refractivity contribution in [2.24, 2.45) is 0 Å². The van der Waals surface area contributed by atoms with Crippen LogP contribution in [-0.4, -0.2) is 36.7 Å². The molecule has 116 valence electrons. The summed E-state index contributed by atoms with van der Waals surface area (Å²) in [6, 6.07) is 11.7. The van der Waals surface area contributed by atoms with Crippen LogP contribution in [-0.2, 0) is 6.54 Å². The fourth-order valence-electron chi connectivity index (χ4n) is 3.15. The molecule has 0 fully saturated rings. The number of amides is 1. The van der Waals surface area contributed by atoms with E-state index in [4.69, 9.17) is 0 Å². The first kappa shape index (κ1) is 13.8. The van der Waals surface area contributed by atoms with E-state index in [1.54, 1.807) is 11.0 Å². The third-order valence-electron chi connectivity index (χ3n) is 4.38. The molecule has 23 heavy (non-hydrogen) atoms. The number of aromatic nitrogens is 4. The van der Waals surface area contributed by atoms with Gasteiger partial charge in [-0.3, -0.25) is 4.79 Å². The van der Waals surface area contributed by atoms with E-state index >= 15 is 0 Å². The molecule has 1 aliphatic rings. The van der Waals surface area contributed by atoms with Crippen molar-refractivity contribution >= 4 is 5.91 Å². The van der Waals surface area contributed by atoms with Crippen LogP contribution in [0.3, 0.4) is 0 Å². The summed E-state index contributed by atoms with van der Waals surface area (Å²) in [5, 5.41) is 4.11. The Kier molecular flexibility index (Phi) is 3.22. The predicted octanol–water partition coefficient (Wildman–Crippen LogP) is 2.29. The van der Waals surface area contributed by atoms with E-state index in [9.17, 15) is 4.79 Å². The summed E-state index contributed by atoms with van der Waals surface area (Å²) in [6.45, 7) is 3.63. The first-order valence-corrected chi connectivity index (χ1v) is 7.65. The van der Waals surface area contributed by atoms with E-state index in [-0.39, 0.29) is 11.9 Å². The first-order chi connectivity index (χ1) is 11.2. The lowest BCUT2D eigenvalue weighted by Gasteiger charge is -2.35. The molecule has 0 radical (unpaired) electrons. The number of nitrogens with zero attached hydrogens (tertiary/aromatic N) is 5. The minimum atomic E-state index is 0.0481. The molecule has 0 saturated carbocycles. The van der Waals surface area contributed by atoms with Gasteiger partial charge in [0, 0.05) is 30.5 Å². The highest BCUT2D eigenvalue weighted by atomic mass is 16.2. The molecule has 1 aliphatic heterocycles. The van der Waals surface area contributed by atoms with Crippen molar-refractivity contribution in [1.29, 1.82) is 0 Å². The van der Waals surface area contributed by atoms with E-state index < -0.39 is 0 Å². The van der Waals surface area contributed by atoms with Crippen LogP contribution in [0.5, 0.6) is 0 Å². The minimum absolute atomic E-state index is 0.0481. The van der Waals surface area contributed by atoms with Crippen LogP contribution in [0.4, 0.5) is 0 Å². The Labute approximate surface area is 134 Å². The van der Waals surface area contributed by atoms with Gasteiger partial charge < -0.3 is 9.47 Å². The lowest BCUT2D eigenvalue weighted by Crippen LogP contribution is -2.40. The maximum atomic E-state index is 12.9. The van der Waals surface area contributed by atoms with Crippen LogP contribution >= 0.6 is 0 Å². The fourth-order valence-corrected chi connectivity index (χ4v) is 3.15. The Bertz CT molecular complexity index is 836. The summed E-state index contributed by atoms with van der Waals surface area (Å²) in [5.41, 5.74) is 2.68. The van der Waals surface area contributed by atoms with Crippen molar-refractivity contribution in [3.05, 3.63) is 66.5 Å². The quantitative estimate of drug-likeness (QED) is 0.730. The van der Waals surface area contributed by atoms with Crippen molar-refractivity contribution < 1.29 is 4.79 Å². The standard InChI is InChI=1S/C17H17N5O/c1-13-16-6-3-7-20(16)8-9-21(13)17(23)14-4-2-5-15(10-14)22-12-18-11-19-22/h2-7,10-13H,8-9H2,1H3. The highest BCUT2D eigenvalue weighted by Gasteiger charge is 2.28. The zero-order chi connectivity index (χ0) is 15.8. The van der Waals surface area contributed by atoms with Gasteiger partial charge in [0.2, 0.25) is 0 Å². The average Bonchev–Trinajstić information content (AvgIpc) is 3.26. The number of hydrogen-bond donors (Lipinski definition) is 0. The van der Waals surface area contributed by atoms with Gasteiger partial charge in [-0.05, 0) is 37.3 Å². The van der Waals surface area contributed by atoms with Crippen molar-refractivity contribution in [2.75, 3.05) is 6.54 Å². The van der Waals surface area contributed by atoms with E-state index in [0.717, 1.165) is 18.8 Å². The van der Waals surface area contributed by atoms with Gasteiger partial charge in [-0.1, -0.05) is 6.07 Å². The number of carbonyl (C=O) groups excluding carboxylic acids is 1. The number of carbonyl (C=O) groups is 1. The fraction of sp³-hybridized carbons (Fsp3) is 0.235. The van der Waals surface area contributed by atoms with Gasteiger partial charge in [0.1, 0.15) is 12.7 Å². The smallest absolute Gasteiger partial charge is 0.254 e. The molecule has 3 aromatic rings. The molecule has 3 heterocycles. The van der Waals surface area contributed by atoms with E-state index in [2.05, 4.69) is 33.8 Å². The van der Waals surface area contributed by atoms with Crippen molar-refractivity contribution in [3.8, 4) is 5.69 Å². The summed E-state index contributed by atoms with van der Waals surface area (Å²) in [7, 11) is 0. The van der Waals surface area contributed by atoms with E-state index in [1.807, 2.05) is 35.2 Å². The SMILES string of the molecule is CC1c2cccn2CCN1C(=O)c1cccc(-n2cncn2)c1. The van der Waals surface area contributed by atoms with Gasteiger partial charge >= 0.3 is 0 Å². The molecular weight excluding hydrogens is 290 g/mol. The van der Waals surface area contributed by atoms with Gasteiger partial charge in [-0.2, -0.15) is 5.10 Å². The van der Waals surface area contributed by atoms with Gasteiger partial charge in [-0.25, -0.2) is 9.67 Å². The Morgan fingerprint density at radius 1 is 1.22 bits per heavy atom. The summed E-state index contributed by atoms with van der Waals surface area (Å²) in [4.78, 5) is 18.8. The largest absolute Gasteiger partial charge is 0.348 e. The molecule has 0 bridgehead atoms. The molecule has 6 nitrogen and oxygen atoms in total. The Balaban J connectivity index is 1.64. The van der Waals surface area contributed by atoms with Crippen LogP contribution in [0, 0.1) is 0 Å². The van der Waals surface area contributed by atoms with Crippen LogP contribution in [0.25, 0.3) is 5.69 Å². The zero-order valence-corrected chi connectivity index (χ0v) is 12.8. The third-order valence-corrected chi connectivity index (χ3v) is 4.38. The third kappa shape index (κ3) is 2.32. The molecule has 4 rings (SSSR count). The zero-order valence-electron chi connectivity index (χ0n) is 12.8. The van der Waals surface area contributed by atoms with Crippen LogP contribution in [0.15, 0.2) is 55.2 Å². The molecule has 1 unspecified atom stereocenters.